The van der Waals surface area contributed by atoms with E-state index in [0.717, 1.165) is 12.2 Å². The maximum atomic E-state index is 9.87. The normalized spacial score (nSPS) is 8.68. The number of Topliss-reactive ketones (excluding diaryl/α,β-unsaturated/α-hetero) is 1. The number of anilines is 2. The predicted octanol–water partition coefficient (Wildman–Crippen LogP) is 1.62. The standard InChI is InChI=1S/C9H11N3.C4H6O3/c1-2-12-8-3-4-9(11)7(5-8)6-10;1-3(5)2-4(6)7/h3-5,12H,2,11H2,1H3;2H2,1H3,(H,6,7). The van der Waals surface area contributed by atoms with Crippen LogP contribution >= 0.6 is 0 Å². The Morgan fingerprint density at radius 3 is 2.47 bits per heavy atom. The molecule has 1 aromatic carbocycles. The third-order valence-electron chi connectivity index (χ3n) is 1.95. The molecule has 0 atom stereocenters. The van der Waals surface area contributed by atoms with Gasteiger partial charge in [0.2, 0.25) is 0 Å². The fourth-order valence-electron chi connectivity index (χ4n) is 1.18. The Bertz CT molecular complexity index is 480. The number of nitrogens with one attached hydrogen (secondary N) is 1. The second-order valence-electron chi connectivity index (χ2n) is 3.72. The van der Waals surface area contributed by atoms with E-state index in [4.69, 9.17) is 16.1 Å². The van der Waals surface area contributed by atoms with Crippen LogP contribution in [0.2, 0.25) is 0 Å². The Kier molecular flexibility index (Phi) is 7.38. The summed E-state index contributed by atoms with van der Waals surface area (Å²) in [4.78, 5) is 19.5. The summed E-state index contributed by atoms with van der Waals surface area (Å²) in [5.74, 6) is -1.37. The average Bonchev–Trinajstić information content (AvgIpc) is 2.31. The van der Waals surface area contributed by atoms with Crippen molar-refractivity contribution in [3.63, 3.8) is 0 Å². The Morgan fingerprint density at radius 2 is 2.11 bits per heavy atom. The summed E-state index contributed by atoms with van der Waals surface area (Å²) < 4.78 is 0. The number of nitrogens with two attached hydrogens (primary N) is 1. The van der Waals surface area contributed by atoms with Crippen molar-refractivity contribution in [2.75, 3.05) is 17.6 Å². The molecule has 0 aliphatic heterocycles. The first kappa shape index (κ1) is 16.4. The molecule has 0 amide bonds. The molecule has 1 rings (SSSR count). The van der Waals surface area contributed by atoms with E-state index in [1.807, 2.05) is 19.1 Å². The van der Waals surface area contributed by atoms with Crippen LogP contribution < -0.4 is 11.1 Å². The lowest BCUT2D eigenvalue weighted by Gasteiger charge is -2.03. The van der Waals surface area contributed by atoms with Gasteiger partial charge in [0.15, 0.2) is 0 Å². The molecule has 6 nitrogen and oxygen atoms in total. The smallest absolute Gasteiger partial charge is 0.310 e. The molecule has 0 saturated heterocycles. The molecule has 0 unspecified atom stereocenters. The lowest BCUT2D eigenvalue weighted by atomic mass is 10.2. The Labute approximate surface area is 111 Å². The number of benzene rings is 1. The zero-order chi connectivity index (χ0) is 14.8. The van der Waals surface area contributed by atoms with Gasteiger partial charge >= 0.3 is 5.97 Å². The Balaban J connectivity index is 0.000000399. The first-order chi connectivity index (χ1) is 8.90. The van der Waals surface area contributed by atoms with Gasteiger partial charge in [0.25, 0.3) is 0 Å². The van der Waals surface area contributed by atoms with Crippen molar-refractivity contribution < 1.29 is 14.7 Å². The summed E-state index contributed by atoms with van der Waals surface area (Å²) in [5, 5.41) is 19.6. The maximum absolute atomic E-state index is 9.87. The highest BCUT2D eigenvalue weighted by molar-refractivity contribution is 5.93. The van der Waals surface area contributed by atoms with E-state index < -0.39 is 5.97 Å². The molecular formula is C13H17N3O3. The number of carbonyl (C=O) groups excluding carboxylic acids is 1. The molecule has 0 bridgehead atoms. The Morgan fingerprint density at radius 1 is 1.47 bits per heavy atom. The Hall–Kier alpha value is -2.55. The van der Waals surface area contributed by atoms with E-state index in [-0.39, 0.29) is 12.2 Å². The zero-order valence-corrected chi connectivity index (χ0v) is 10.9. The monoisotopic (exact) mass is 263 g/mol. The molecule has 0 aliphatic carbocycles. The third-order valence-corrected chi connectivity index (χ3v) is 1.95. The fourth-order valence-corrected chi connectivity index (χ4v) is 1.18. The van der Waals surface area contributed by atoms with Gasteiger partial charge in [-0.05, 0) is 32.0 Å². The van der Waals surface area contributed by atoms with Crippen molar-refractivity contribution >= 4 is 23.1 Å². The summed E-state index contributed by atoms with van der Waals surface area (Å²) in [6, 6.07) is 7.37. The first-order valence-corrected chi connectivity index (χ1v) is 5.65. The van der Waals surface area contributed by atoms with Crippen molar-refractivity contribution in [2.45, 2.75) is 20.3 Å². The number of carbonyl (C=O) groups is 2. The van der Waals surface area contributed by atoms with Gasteiger partial charge in [0, 0.05) is 17.9 Å². The van der Waals surface area contributed by atoms with E-state index in [1.54, 1.807) is 12.1 Å². The zero-order valence-electron chi connectivity index (χ0n) is 10.9. The van der Waals surface area contributed by atoms with Gasteiger partial charge in [-0.3, -0.25) is 9.59 Å². The molecular weight excluding hydrogens is 246 g/mol. The predicted molar refractivity (Wildman–Crippen MR) is 72.7 cm³/mol. The quantitative estimate of drug-likeness (QED) is 0.561. The maximum Gasteiger partial charge on any atom is 0.310 e. The molecule has 0 fully saturated rings. The van der Waals surface area contributed by atoms with Crippen LogP contribution in [0.15, 0.2) is 18.2 Å². The highest BCUT2D eigenvalue weighted by Gasteiger charge is 1.98. The molecule has 19 heavy (non-hydrogen) atoms. The highest BCUT2D eigenvalue weighted by atomic mass is 16.4. The van der Waals surface area contributed by atoms with Crippen LogP contribution in [-0.2, 0) is 9.59 Å². The van der Waals surface area contributed by atoms with Crippen molar-refractivity contribution in [1.29, 1.82) is 5.26 Å². The number of rotatable bonds is 4. The van der Waals surface area contributed by atoms with Gasteiger partial charge in [-0.2, -0.15) is 5.26 Å². The second-order valence-corrected chi connectivity index (χ2v) is 3.72. The van der Waals surface area contributed by atoms with Crippen LogP contribution in [0.5, 0.6) is 0 Å². The van der Waals surface area contributed by atoms with Crippen molar-refractivity contribution in [3.8, 4) is 6.07 Å². The van der Waals surface area contributed by atoms with Gasteiger partial charge in [0.1, 0.15) is 18.3 Å². The van der Waals surface area contributed by atoms with E-state index >= 15 is 0 Å². The lowest BCUT2D eigenvalue weighted by molar-refractivity contribution is -0.139. The number of nitrogen functional groups attached to an aromatic ring is 1. The fraction of sp³-hybridized carbons (Fsp3) is 0.308. The largest absolute Gasteiger partial charge is 0.481 e. The molecule has 0 spiro atoms. The summed E-state index contributed by atoms with van der Waals surface area (Å²) in [6.45, 7) is 4.09. The van der Waals surface area contributed by atoms with Crippen LogP contribution in [0.3, 0.4) is 0 Å². The molecule has 0 heterocycles. The lowest BCUT2D eigenvalue weighted by Crippen LogP contribution is -2.00. The number of nitrogens with zero attached hydrogens (tertiary/aromatic N) is 1. The minimum atomic E-state index is -1.06. The van der Waals surface area contributed by atoms with Gasteiger partial charge in [0.05, 0.1) is 5.56 Å². The van der Waals surface area contributed by atoms with Crippen LogP contribution in [-0.4, -0.2) is 23.4 Å². The molecule has 6 heteroatoms. The summed E-state index contributed by atoms with van der Waals surface area (Å²) >= 11 is 0. The molecule has 102 valence electrons. The topological polar surface area (TPSA) is 116 Å². The third kappa shape index (κ3) is 7.39. The highest BCUT2D eigenvalue weighted by Crippen LogP contribution is 2.16. The van der Waals surface area contributed by atoms with Crippen LogP contribution in [0, 0.1) is 11.3 Å². The molecule has 0 saturated carbocycles. The van der Waals surface area contributed by atoms with Gasteiger partial charge in [-0.15, -0.1) is 0 Å². The number of carboxylic acid groups (broad SMARTS) is 1. The summed E-state index contributed by atoms with van der Waals surface area (Å²) in [6.07, 6.45) is -0.361. The van der Waals surface area contributed by atoms with Crippen LogP contribution in [0.4, 0.5) is 11.4 Å². The number of hydrogen-bond donors (Lipinski definition) is 3. The minimum absolute atomic E-state index is 0.312. The minimum Gasteiger partial charge on any atom is -0.481 e. The van der Waals surface area contributed by atoms with Gasteiger partial charge in [-0.25, -0.2) is 0 Å². The molecule has 0 radical (unpaired) electrons. The number of aliphatic carboxylic acids is 1. The SMILES string of the molecule is CC(=O)CC(=O)O.CCNc1ccc(N)c(C#N)c1. The van der Waals surface area contributed by atoms with Gasteiger partial charge < -0.3 is 16.2 Å². The number of nitriles is 1. The van der Waals surface area contributed by atoms with Crippen molar-refractivity contribution in [2.24, 2.45) is 0 Å². The molecule has 4 N–H and O–H groups in total. The van der Waals surface area contributed by atoms with Crippen molar-refractivity contribution in [3.05, 3.63) is 23.8 Å². The number of carboxylic acids is 1. The van der Waals surface area contributed by atoms with Gasteiger partial charge in [-0.1, -0.05) is 0 Å². The molecule has 1 aromatic rings. The molecule has 0 aliphatic rings. The first-order valence-electron chi connectivity index (χ1n) is 5.65. The number of hydrogen-bond acceptors (Lipinski definition) is 5. The average molecular weight is 263 g/mol. The summed E-state index contributed by atoms with van der Waals surface area (Å²) in [7, 11) is 0. The molecule has 0 aromatic heterocycles. The second kappa shape index (κ2) is 8.53. The van der Waals surface area contributed by atoms with E-state index in [2.05, 4.69) is 5.32 Å². The van der Waals surface area contributed by atoms with Crippen LogP contribution in [0.1, 0.15) is 25.8 Å². The van der Waals surface area contributed by atoms with Crippen molar-refractivity contribution in [1.82, 2.24) is 0 Å². The van der Waals surface area contributed by atoms with E-state index in [0.29, 0.717) is 11.3 Å². The summed E-state index contributed by atoms with van der Waals surface area (Å²) in [5.41, 5.74) is 7.53. The van der Waals surface area contributed by atoms with Crippen LogP contribution in [0.25, 0.3) is 0 Å². The van der Waals surface area contributed by atoms with E-state index in [1.165, 1.54) is 6.92 Å². The number of ketones is 1. The van der Waals surface area contributed by atoms with E-state index in [9.17, 15) is 9.59 Å².